The van der Waals surface area contributed by atoms with E-state index in [4.69, 9.17) is 21.5 Å². The van der Waals surface area contributed by atoms with E-state index in [0.29, 0.717) is 31.6 Å². The number of nitrogens with zero attached hydrogens (tertiary/aromatic N) is 2. The molecular formula is C17H31N5O3. The van der Waals surface area contributed by atoms with Crippen LogP contribution < -0.4 is 16.8 Å². The van der Waals surface area contributed by atoms with Gasteiger partial charge in [-0.05, 0) is 53.9 Å². The van der Waals surface area contributed by atoms with E-state index < -0.39 is 29.1 Å². The maximum Gasteiger partial charge on any atom is 0.328 e. The van der Waals surface area contributed by atoms with Crippen molar-refractivity contribution < 1.29 is 14.3 Å². The van der Waals surface area contributed by atoms with E-state index in [0.717, 1.165) is 0 Å². The molecule has 0 aromatic rings. The smallest absolute Gasteiger partial charge is 0.328 e. The molecule has 25 heavy (non-hydrogen) atoms. The Labute approximate surface area is 150 Å². The zero-order chi connectivity index (χ0) is 19.7. The molecule has 0 rings (SSSR count). The second-order valence-electron chi connectivity index (χ2n) is 7.20. The lowest BCUT2D eigenvalue weighted by Crippen LogP contribution is -2.57. The predicted octanol–water partition coefficient (Wildman–Crippen LogP) is 0.991. The number of nitrogens with one attached hydrogen (secondary N) is 1. The van der Waals surface area contributed by atoms with E-state index in [1.54, 1.807) is 27.7 Å². The number of esters is 1. The van der Waals surface area contributed by atoms with E-state index in [1.165, 1.54) is 6.92 Å². The molecule has 0 saturated carbocycles. The molecule has 142 valence electrons. The summed E-state index contributed by atoms with van der Waals surface area (Å²) >= 11 is 0. The molecule has 8 nitrogen and oxygen atoms in total. The van der Waals surface area contributed by atoms with Crippen molar-refractivity contribution in [2.45, 2.75) is 77.5 Å². The van der Waals surface area contributed by atoms with Crippen LogP contribution in [0.2, 0.25) is 0 Å². The number of unbranched alkanes of at least 4 members (excludes halogenated alkanes) is 1. The number of amides is 1. The van der Waals surface area contributed by atoms with Crippen molar-refractivity contribution >= 4 is 17.7 Å². The number of ether oxygens (including phenoxy) is 1. The lowest BCUT2D eigenvalue weighted by molar-refractivity contribution is -0.158. The summed E-state index contributed by atoms with van der Waals surface area (Å²) in [7, 11) is 0. The average molecular weight is 353 g/mol. The van der Waals surface area contributed by atoms with Gasteiger partial charge in [-0.3, -0.25) is 9.79 Å². The van der Waals surface area contributed by atoms with Crippen molar-refractivity contribution in [2.24, 2.45) is 16.5 Å². The third kappa shape index (κ3) is 9.67. The number of aliphatic imine (C=N–C) groups is 1. The summed E-state index contributed by atoms with van der Waals surface area (Å²) in [5, 5.41) is 11.5. The highest BCUT2D eigenvalue weighted by Crippen LogP contribution is 2.17. The Balaban J connectivity index is 4.72. The quantitative estimate of drug-likeness (QED) is 0.244. The van der Waals surface area contributed by atoms with Crippen LogP contribution in [0.25, 0.3) is 0 Å². The normalized spacial score (nSPS) is 15.6. The SMILES string of the molecule is CC(N)=NCCCCC(N)(CC#N)C(=O)N[C@@H](C)C(=O)OC(C)(C)C. The molecule has 0 radical (unpaired) electrons. The van der Waals surface area contributed by atoms with Crippen LogP contribution in [0.4, 0.5) is 0 Å². The fraction of sp³-hybridized carbons (Fsp3) is 0.765. The molecule has 5 N–H and O–H groups in total. The van der Waals surface area contributed by atoms with Crippen molar-refractivity contribution in [1.29, 1.82) is 5.26 Å². The van der Waals surface area contributed by atoms with Crippen LogP contribution in [-0.2, 0) is 14.3 Å². The van der Waals surface area contributed by atoms with Crippen LogP contribution in [0, 0.1) is 11.3 Å². The largest absolute Gasteiger partial charge is 0.458 e. The van der Waals surface area contributed by atoms with E-state index >= 15 is 0 Å². The number of hydrogen-bond acceptors (Lipinski definition) is 6. The molecule has 0 spiro atoms. The second kappa shape index (κ2) is 9.99. The number of hydrogen-bond donors (Lipinski definition) is 3. The summed E-state index contributed by atoms with van der Waals surface area (Å²) in [6, 6.07) is 1.09. The standard InChI is InChI=1S/C17H31N5O3/c1-12(14(23)25-16(3,4)5)22-15(24)17(20,9-10-18)8-6-7-11-21-13(2)19/h12H,6-9,11,20H2,1-5H3,(H2,19,21)(H,22,24)/t12-,17?/m0/s1. The molecule has 0 saturated heterocycles. The van der Waals surface area contributed by atoms with Gasteiger partial charge in [0, 0.05) is 6.54 Å². The summed E-state index contributed by atoms with van der Waals surface area (Å²) in [6.45, 7) is 9.00. The number of carbonyl (C=O) groups is 2. The third-order valence-corrected chi connectivity index (χ3v) is 3.35. The fourth-order valence-corrected chi connectivity index (χ4v) is 2.02. The molecule has 8 heteroatoms. The molecule has 1 unspecified atom stereocenters. The van der Waals surface area contributed by atoms with Gasteiger partial charge in [-0.25, -0.2) is 4.79 Å². The molecule has 2 atom stereocenters. The van der Waals surface area contributed by atoms with Gasteiger partial charge in [0.2, 0.25) is 5.91 Å². The average Bonchev–Trinajstić information content (AvgIpc) is 2.44. The molecule has 0 fully saturated rings. The van der Waals surface area contributed by atoms with Gasteiger partial charge >= 0.3 is 5.97 Å². The molecule has 0 heterocycles. The zero-order valence-corrected chi connectivity index (χ0v) is 15.9. The highest BCUT2D eigenvalue weighted by atomic mass is 16.6. The topological polar surface area (TPSA) is 144 Å². The number of carbonyl (C=O) groups excluding carboxylic acids is 2. The van der Waals surface area contributed by atoms with Crippen molar-refractivity contribution in [2.75, 3.05) is 6.54 Å². The summed E-state index contributed by atoms with van der Waals surface area (Å²) < 4.78 is 5.22. The molecule has 0 bridgehead atoms. The first-order valence-corrected chi connectivity index (χ1v) is 8.37. The highest BCUT2D eigenvalue weighted by molar-refractivity contribution is 5.90. The van der Waals surface area contributed by atoms with Crippen LogP contribution >= 0.6 is 0 Å². The Morgan fingerprint density at radius 1 is 1.32 bits per heavy atom. The van der Waals surface area contributed by atoms with Crippen LogP contribution in [0.15, 0.2) is 4.99 Å². The summed E-state index contributed by atoms with van der Waals surface area (Å²) in [5.74, 6) is -0.584. The van der Waals surface area contributed by atoms with Crippen LogP contribution in [-0.4, -0.2) is 41.4 Å². The number of amidine groups is 1. The van der Waals surface area contributed by atoms with Crippen molar-refractivity contribution in [3.63, 3.8) is 0 Å². The van der Waals surface area contributed by atoms with Crippen LogP contribution in [0.5, 0.6) is 0 Å². The molecular weight excluding hydrogens is 322 g/mol. The number of rotatable bonds is 9. The second-order valence-corrected chi connectivity index (χ2v) is 7.20. The minimum absolute atomic E-state index is 0.140. The Kier molecular flexibility index (Phi) is 9.13. The lowest BCUT2D eigenvalue weighted by Gasteiger charge is -2.28. The van der Waals surface area contributed by atoms with Crippen molar-refractivity contribution in [3.8, 4) is 6.07 Å². The van der Waals surface area contributed by atoms with Crippen molar-refractivity contribution in [1.82, 2.24) is 5.32 Å². The summed E-state index contributed by atoms with van der Waals surface area (Å²) in [4.78, 5) is 28.5. The van der Waals surface area contributed by atoms with Gasteiger partial charge in [0.15, 0.2) is 0 Å². The first kappa shape index (κ1) is 22.9. The lowest BCUT2D eigenvalue weighted by atomic mass is 9.89. The third-order valence-electron chi connectivity index (χ3n) is 3.35. The van der Waals surface area contributed by atoms with E-state index in [9.17, 15) is 9.59 Å². The maximum atomic E-state index is 12.5. The van der Waals surface area contributed by atoms with Gasteiger partial charge < -0.3 is 21.5 Å². The molecule has 0 aromatic heterocycles. The first-order valence-electron chi connectivity index (χ1n) is 8.37. The predicted molar refractivity (Wildman–Crippen MR) is 96.6 cm³/mol. The fourth-order valence-electron chi connectivity index (χ4n) is 2.02. The number of nitriles is 1. The minimum atomic E-state index is -1.35. The Hall–Kier alpha value is -2.14. The van der Waals surface area contributed by atoms with Gasteiger partial charge in [-0.2, -0.15) is 5.26 Å². The number of nitrogens with two attached hydrogens (primary N) is 2. The van der Waals surface area contributed by atoms with Crippen LogP contribution in [0.1, 0.15) is 60.3 Å². The Morgan fingerprint density at radius 3 is 2.40 bits per heavy atom. The molecule has 0 aliphatic carbocycles. The van der Waals surface area contributed by atoms with Crippen LogP contribution in [0.3, 0.4) is 0 Å². The summed E-state index contributed by atoms with van der Waals surface area (Å²) in [6.07, 6.45) is 1.49. The Bertz CT molecular complexity index is 529. The van der Waals surface area contributed by atoms with Gasteiger partial charge in [-0.1, -0.05) is 0 Å². The zero-order valence-electron chi connectivity index (χ0n) is 15.9. The first-order chi connectivity index (χ1) is 11.4. The van der Waals surface area contributed by atoms with E-state index in [1.807, 2.05) is 6.07 Å². The maximum absolute atomic E-state index is 12.5. The van der Waals surface area contributed by atoms with Gasteiger partial charge in [0.1, 0.15) is 17.2 Å². The summed E-state index contributed by atoms with van der Waals surface area (Å²) in [5.41, 5.74) is 9.58. The molecule has 0 aromatic carbocycles. The van der Waals surface area contributed by atoms with Gasteiger partial charge in [0.25, 0.3) is 0 Å². The monoisotopic (exact) mass is 353 g/mol. The molecule has 0 aliphatic rings. The van der Waals surface area contributed by atoms with Gasteiger partial charge in [0.05, 0.1) is 18.3 Å². The minimum Gasteiger partial charge on any atom is -0.458 e. The Morgan fingerprint density at radius 2 is 1.92 bits per heavy atom. The van der Waals surface area contributed by atoms with Crippen molar-refractivity contribution in [3.05, 3.63) is 0 Å². The molecule has 0 aliphatic heterocycles. The highest BCUT2D eigenvalue weighted by Gasteiger charge is 2.35. The van der Waals surface area contributed by atoms with E-state index in [-0.39, 0.29) is 6.42 Å². The van der Waals surface area contributed by atoms with E-state index in [2.05, 4.69) is 10.3 Å². The van der Waals surface area contributed by atoms with Gasteiger partial charge in [-0.15, -0.1) is 0 Å². The molecule has 1 amide bonds.